The van der Waals surface area contributed by atoms with Gasteiger partial charge in [0, 0.05) is 31.6 Å². The average Bonchev–Trinajstić information content (AvgIpc) is 3.03. The van der Waals surface area contributed by atoms with E-state index in [1.54, 1.807) is 18.0 Å². The van der Waals surface area contributed by atoms with E-state index in [-0.39, 0.29) is 17.6 Å². The van der Waals surface area contributed by atoms with Crippen LogP contribution in [0.3, 0.4) is 0 Å². The first-order valence-electron chi connectivity index (χ1n) is 8.80. The number of halogens is 3. The zero-order chi connectivity index (χ0) is 20.0. The summed E-state index contributed by atoms with van der Waals surface area (Å²) < 4.78 is 39.9. The molecule has 0 aromatic carbocycles. The van der Waals surface area contributed by atoms with E-state index in [2.05, 4.69) is 15.3 Å². The highest BCUT2D eigenvalue weighted by molar-refractivity contribution is 5.81. The third kappa shape index (κ3) is 3.84. The van der Waals surface area contributed by atoms with Gasteiger partial charge in [-0.2, -0.15) is 17.7 Å². The molecule has 1 fully saturated rings. The number of fused-ring (bicyclic) bond motifs is 1. The van der Waals surface area contributed by atoms with Crippen LogP contribution >= 0.6 is 0 Å². The Bertz CT molecular complexity index is 841. The van der Waals surface area contributed by atoms with Crippen molar-refractivity contribution in [3.63, 3.8) is 0 Å². The van der Waals surface area contributed by atoms with Gasteiger partial charge in [0.25, 0.3) is 5.82 Å². The van der Waals surface area contributed by atoms with E-state index in [1.807, 2.05) is 25.7 Å². The van der Waals surface area contributed by atoms with Crippen LogP contribution in [0.1, 0.15) is 39.4 Å². The van der Waals surface area contributed by atoms with Gasteiger partial charge in [0.2, 0.25) is 5.91 Å². The first-order valence-corrected chi connectivity index (χ1v) is 8.80. The molecule has 1 aliphatic rings. The fourth-order valence-corrected chi connectivity index (χ4v) is 3.30. The summed E-state index contributed by atoms with van der Waals surface area (Å²) in [5, 5.41) is 10.8. The normalized spacial score (nSPS) is 18.8. The minimum Gasteiger partial charge on any atom is -0.353 e. The van der Waals surface area contributed by atoms with E-state index in [9.17, 15) is 18.0 Å². The van der Waals surface area contributed by atoms with E-state index in [4.69, 9.17) is 0 Å². The molecule has 1 unspecified atom stereocenters. The molecule has 0 aliphatic carbocycles. The minimum absolute atomic E-state index is 0.0222. The molecular weight excluding hydrogens is 361 g/mol. The van der Waals surface area contributed by atoms with Gasteiger partial charge in [0.15, 0.2) is 5.65 Å². The SMILES string of the molecule is CN(C(=O)C(C)(C)C)C1CCCN(c2ccc3nnc(C(F)(F)F)n3n2)C1. The van der Waals surface area contributed by atoms with Crippen molar-refractivity contribution in [3.8, 4) is 0 Å². The summed E-state index contributed by atoms with van der Waals surface area (Å²) in [6.07, 6.45) is -2.97. The van der Waals surface area contributed by atoms with Gasteiger partial charge in [-0.3, -0.25) is 4.79 Å². The van der Waals surface area contributed by atoms with Crippen molar-refractivity contribution in [2.75, 3.05) is 25.0 Å². The average molecular weight is 384 g/mol. The number of carbonyl (C=O) groups is 1. The predicted octanol–water partition coefficient (Wildman–Crippen LogP) is 2.62. The van der Waals surface area contributed by atoms with Gasteiger partial charge < -0.3 is 9.80 Å². The van der Waals surface area contributed by atoms with Crippen LogP contribution < -0.4 is 4.90 Å². The van der Waals surface area contributed by atoms with Crippen LogP contribution in [0.5, 0.6) is 0 Å². The van der Waals surface area contributed by atoms with E-state index in [1.165, 1.54) is 6.07 Å². The van der Waals surface area contributed by atoms with Gasteiger partial charge in [0.05, 0.1) is 0 Å². The lowest BCUT2D eigenvalue weighted by molar-refractivity contribution is -0.146. The molecule has 0 spiro atoms. The van der Waals surface area contributed by atoms with Crippen molar-refractivity contribution in [2.24, 2.45) is 5.41 Å². The Morgan fingerprint density at radius 3 is 2.56 bits per heavy atom. The van der Waals surface area contributed by atoms with Gasteiger partial charge in [-0.05, 0) is 25.0 Å². The molecule has 1 aliphatic heterocycles. The van der Waals surface area contributed by atoms with Crippen molar-refractivity contribution in [3.05, 3.63) is 18.0 Å². The highest BCUT2D eigenvalue weighted by Crippen LogP contribution is 2.29. The lowest BCUT2D eigenvalue weighted by Gasteiger charge is -2.40. The van der Waals surface area contributed by atoms with Crippen LogP contribution in [0, 0.1) is 5.41 Å². The molecule has 0 radical (unpaired) electrons. The standard InChI is InChI=1S/C17H23F3N6O/c1-16(2,3)15(27)24(4)11-6-5-9-25(10-11)13-8-7-12-21-22-14(17(18,19)20)26(12)23-13/h7-8,11H,5-6,9-10H2,1-4H3. The smallest absolute Gasteiger partial charge is 0.353 e. The molecule has 1 saturated heterocycles. The molecule has 10 heteroatoms. The Kier molecular flexibility index (Phi) is 4.77. The molecule has 148 valence electrons. The zero-order valence-electron chi connectivity index (χ0n) is 15.8. The van der Waals surface area contributed by atoms with Crippen molar-refractivity contribution in [1.82, 2.24) is 24.7 Å². The van der Waals surface area contributed by atoms with Crippen LogP contribution in [-0.4, -0.2) is 56.8 Å². The van der Waals surface area contributed by atoms with E-state index in [0.717, 1.165) is 17.4 Å². The summed E-state index contributed by atoms with van der Waals surface area (Å²) in [6, 6.07) is 3.09. The van der Waals surface area contributed by atoms with Crippen molar-refractivity contribution < 1.29 is 18.0 Å². The maximum Gasteiger partial charge on any atom is 0.453 e. The number of amides is 1. The summed E-state index contributed by atoms with van der Waals surface area (Å²) >= 11 is 0. The number of nitrogens with zero attached hydrogens (tertiary/aromatic N) is 6. The van der Waals surface area contributed by atoms with Crippen LogP contribution in [0.4, 0.5) is 19.0 Å². The van der Waals surface area contributed by atoms with Crippen LogP contribution in [0.15, 0.2) is 12.1 Å². The van der Waals surface area contributed by atoms with Crippen LogP contribution in [0.25, 0.3) is 5.65 Å². The third-order valence-electron chi connectivity index (χ3n) is 4.73. The van der Waals surface area contributed by atoms with Gasteiger partial charge in [0.1, 0.15) is 5.82 Å². The van der Waals surface area contributed by atoms with Crippen molar-refractivity contribution in [1.29, 1.82) is 0 Å². The molecule has 2 aromatic heterocycles. The number of alkyl halides is 3. The lowest BCUT2D eigenvalue weighted by Crippen LogP contribution is -2.51. The predicted molar refractivity (Wildman–Crippen MR) is 93.2 cm³/mol. The Morgan fingerprint density at radius 1 is 1.22 bits per heavy atom. The number of hydrogen-bond donors (Lipinski definition) is 0. The fraction of sp³-hybridized carbons (Fsp3) is 0.647. The molecule has 3 heterocycles. The molecule has 2 aromatic rings. The minimum atomic E-state index is -4.63. The summed E-state index contributed by atoms with van der Waals surface area (Å²) in [5.41, 5.74) is -0.446. The first-order chi connectivity index (χ1) is 12.5. The van der Waals surface area contributed by atoms with Crippen LogP contribution in [0.2, 0.25) is 0 Å². The highest BCUT2D eigenvalue weighted by Gasteiger charge is 2.38. The molecule has 7 nitrogen and oxygen atoms in total. The Balaban J connectivity index is 1.85. The monoisotopic (exact) mass is 384 g/mol. The van der Waals surface area contributed by atoms with E-state index >= 15 is 0 Å². The second-order valence-electron chi connectivity index (χ2n) is 7.89. The number of carbonyl (C=O) groups excluding carboxylic acids is 1. The lowest BCUT2D eigenvalue weighted by atomic mass is 9.93. The summed E-state index contributed by atoms with van der Waals surface area (Å²) in [7, 11) is 1.78. The Morgan fingerprint density at radius 2 is 1.93 bits per heavy atom. The molecule has 0 bridgehead atoms. The molecule has 1 atom stereocenters. The first kappa shape index (κ1) is 19.4. The Labute approximate surface area is 155 Å². The molecule has 0 N–H and O–H groups in total. The van der Waals surface area contributed by atoms with Gasteiger partial charge in [-0.15, -0.1) is 15.3 Å². The molecular formula is C17H23F3N6O. The number of hydrogen-bond acceptors (Lipinski definition) is 5. The second-order valence-corrected chi connectivity index (χ2v) is 7.89. The maximum atomic E-state index is 13.1. The molecule has 1 amide bonds. The summed E-state index contributed by atoms with van der Waals surface area (Å²) in [5.74, 6) is -0.696. The molecule has 27 heavy (non-hydrogen) atoms. The van der Waals surface area contributed by atoms with E-state index < -0.39 is 17.4 Å². The van der Waals surface area contributed by atoms with Gasteiger partial charge in [-0.1, -0.05) is 20.8 Å². The maximum absolute atomic E-state index is 13.1. The van der Waals surface area contributed by atoms with Crippen molar-refractivity contribution >= 4 is 17.4 Å². The molecule has 0 saturated carbocycles. The quantitative estimate of drug-likeness (QED) is 0.796. The van der Waals surface area contributed by atoms with Crippen molar-refractivity contribution in [2.45, 2.75) is 45.8 Å². The van der Waals surface area contributed by atoms with Gasteiger partial charge in [-0.25, -0.2) is 0 Å². The summed E-state index contributed by atoms with van der Waals surface area (Å²) in [4.78, 5) is 16.2. The zero-order valence-corrected chi connectivity index (χ0v) is 15.8. The number of piperidine rings is 1. The van der Waals surface area contributed by atoms with E-state index in [0.29, 0.717) is 18.9 Å². The highest BCUT2D eigenvalue weighted by atomic mass is 19.4. The number of anilines is 1. The third-order valence-corrected chi connectivity index (χ3v) is 4.73. The van der Waals surface area contributed by atoms with Gasteiger partial charge >= 0.3 is 6.18 Å². The fourth-order valence-electron chi connectivity index (χ4n) is 3.30. The molecule has 3 rings (SSSR count). The summed E-state index contributed by atoms with van der Waals surface area (Å²) in [6.45, 7) is 6.78. The van der Waals surface area contributed by atoms with Crippen LogP contribution in [-0.2, 0) is 11.0 Å². The Hall–Kier alpha value is -2.39. The topological polar surface area (TPSA) is 66.6 Å². The number of aromatic nitrogens is 4. The largest absolute Gasteiger partial charge is 0.453 e. The number of likely N-dealkylation sites (N-methyl/N-ethyl adjacent to an activating group) is 1. The second kappa shape index (κ2) is 6.65. The number of rotatable bonds is 2.